The molecule has 0 radical (unpaired) electrons. The van der Waals surface area contributed by atoms with Crippen LogP contribution in [0, 0.1) is 0 Å². The summed E-state index contributed by atoms with van der Waals surface area (Å²) < 4.78 is 10.2. The molecule has 0 fully saturated rings. The summed E-state index contributed by atoms with van der Waals surface area (Å²) in [6.07, 6.45) is -1.15. The number of rotatable bonds is 4. The van der Waals surface area contributed by atoms with Crippen molar-refractivity contribution in [3.63, 3.8) is 0 Å². The fourth-order valence-electron chi connectivity index (χ4n) is 2.73. The van der Waals surface area contributed by atoms with Crippen LogP contribution in [0.25, 0.3) is 0 Å². The standard InChI is InChI=1S/C19H18N2O6/c1-11(27-19(25)13-8-7-12(26-2)9-16(13)22)18(24)21-10-17(23)20-14-5-3-4-6-15(14)21/h3-9,11,22H,10H2,1-2H3,(H,20,23)/t11-/m1/s1. The number of para-hydroxylation sites is 2. The van der Waals surface area contributed by atoms with Gasteiger partial charge in [0, 0.05) is 6.07 Å². The van der Waals surface area contributed by atoms with Crippen LogP contribution in [-0.2, 0) is 14.3 Å². The molecule has 2 aromatic rings. The highest BCUT2D eigenvalue weighted by molar-refractivity contribution is 6.11. The van der Waals surface area contributed by atoms with Gasteiger partial charge in [0.2, 0.25) is 5.91 Å². The SMILES string of the molecule is COc1ccc(C(=O)O[C@H](C)C(=O)N2CC(=O)Nc3ccccc32)c(O)c1. The lowest BCUT2D eigenvalue weighted by molar-refractivity contribution is -0.128. The van der Waals surface area contributed by atoms with Crippen LogP contribution in [0.15, 0.2) is 42.5 Å². The summed E-state index contributed by atoms with van der Waals surface area (Å²) in [6.45, 7) is 1.24. The van der Waals surface area contributed by atoms with Gasteiger partial charge in [-0.15, -0.1) is 0 Å². The molecule has 0 spiro atoms. The van der Waals surface area contributed by atoms with E-state index in [2.05, 4.69) is 5.32 Å². The lowest BCUT2D eigenvalue weighted by atomic mass is 10.1. The molecule has 0 unspecified atom stereocenters. The minimum absolute atomic E-state index is 0.0905. The fourth-order valence-corrected chi connectivity index (χ4v) is 2.73. The van der Waals surface area contributed by atoms with Crippen molar-refractivity contribution in [3.05, 3.63) is 48.0 Å². The van der Waals surface area contributed by atoms with Crippen LogP contribution in [0.5, 0.6) is 11.5 Å². The Labute approximate surface area is 155 Å². The predicted molar refractivity (Wildman–Crippen MR) is 97.0 cm³/mol. The van der Waals surface area contributed by atoms with Gasteiger partial charge in [0.05, 0.1) is 18.5 Å². The van der Waals surface area contributed by atoms with Crippen LogP contribution < -0.4 is 15.0 Å². The number of esters is 1. The second-order valence-corrected chi connectivity index (χ2v) is 5.92. The van der Waals surface area contributed by atoms with Crippen LogP contribution in [0.1, 0.15) is 17.3 Å². The minimum atomic E-state index is -1.15. The van der Waals surface area contributed by atoms with Crippen molar-refractivity contribution >= 4 is 29.2 Å². The van der Waals surface area contributed by atoms with Gasteiger partial charge in [0.25, 0.3) is 5.91 Å². The van der Waals surface area contributed by atoms with E-state index in [1.807, 2.05) is 0 Å². The molecule has 0 saturated carbocycles. The second kappa shape index (κ2) is 7.36. The summed E-state index contributed by atoms with van der Waals surface area (Å²) in [5.74, 6) is -1.68. The zero-order chi connectivity index (χ0) is 19.6. The largest absolute Gasteiger partial charge is 0.507 e. The Hall–Kier alpha value is -3.55. The average Bonchev–Trinajstić information content (AvgIpc) is 2.66. The maximum Gasteiger partial charge on any atom is 0.342 e. The maximum atomic E-state index is 12.7. The van der Waals surface area contributed by atoms with Crippen molar-refractivity contribution in [1.82, 2.24) is 0 Å². The number of methoxy groups -OCH3 is 1. The monoisotopic (exact) mass is 370 g/mol. The third-order valence-corrected chi connectivity index (χ3v) is 4.09. The first-order valence-corrected chi connectivity index (χ1v) is 8.19. The molecule has 27 heavy (non-hydrogen) atoms. The lowest BCUT2D eigenvalue weighted by Crippen LogP contribution is -2.47. The molecular weight excluding hydrogens is 352 g/mol. The van der Waals surface area contributed by atoms with E-state index in [9.17, 15) is 19.5 Å². The summed E-state index contributed by atoms with van der Waals surface area (Å²) in [4.78, 5) is 38.2. The summed E-state index contributed by atoms with van der Waals surface area (Å²) in [5, 5.41) is 12.6. The third-order valence-electron chi connectivity index (χ3n) is 4.09. The van der Waals surface area contributed by atoms with E-state index in [1.54, 1.807) is 24.3 Å². The van der Waals surface area contributed by atoms with Crippen molar-refractivity contribution in [3.8, 4) is 11.5 Å². The van der Waals surface area contributed by atoms with E-state index in [0.29, 0.717) is 17.1 Å². The van der Waals surface area contributed by atoms with Crippen molar-refractivity contribution in [1.29, 1.82) is 0 Å². The van der Waals surface area contributed by atoms with E-state index in [4.69, 9.17) is 9.47 Å². The number of ether oxygens (including phenoxy) is 2. The molecule has 8 heteroatoms. The highest BCUT2D eigenvalue weighted by Crippen LogP contribution is 2.30. The van der Waals surface area contributed by atoms with E-state index < -0.39 is 18.0 Å². The summed E-state index contributed by atoms with van der Waals surface area (Å²) in [6, 6.07) is 11.0. The number of phenolic OH excluding ortho intramolecular Hbond substituents is 1. The molecular formula is C19H18N2O6. The summed E-state index contributed by atoms with van der Waals surface area (Å²) in [5.41, 5.74) is 0.943. The van der Waals surface area contributed by atoms with Gasteiger partial charge in [-0.3, -0.25) is 14.5 Å². The first-order chi connectivity index (χ1) is 12.9. The molecule has 0 aliphatic carbocycles. The van der Waals surface area contributed by atoms with Crippen LogP contribution in [0.3, 0.4) is 0 Å². The first kappa shape index (κ1) is 18.2. The van der Waals surface area contributed by atoms with E-state index in [1.165, 1.54) is 37.1 Å². The molecule has 1 atom stereocenters. The number of phenols is 1. The number of benzene rings is 2. The van der Waals surface area contributed by atoms with Crippen molar-refractivity contribution < 1.29 is 29.0 Å². The number of fused-ring (bicyclic) bond motifs is 1. The van der Waals surface area contributed by atoms with Gasteiger partial charge in [-0.1, -0.05) is 12.1 Å². The molecule has 1 aliphatic rings. The topological polar surface area (TPSA) is 105 Å². The lowest BCUT2D eigenvalue weighted by Gasteiger charge is -2.30. The number of hydrogen-bond donors (Lipinski definition) is 2. The summed E-state index contributed by atoms with van der Waals surface area (Å²) >= 11 is 0. The number of anilines is 2. The van der Waals surface area contributed by atoms with Gasteiger partial charge >= 0.3 is 5.97 Å². The molecule has 2 aromatic carbocycles. The number of nitrogens with one attached hydrogen (secondary N) is 1. The molecule has 8 nitrogen and oxygen atoms in total. The molecule has 0 bridgehead atoms. The molecule has 0 saturated heterocycles. The Morgan fingerprint density at radius 2 is 1.96 bits per heavy atom. The number of carbonyl (C=O) groups is 3. The average molecular weight is 370 g/mol. The van der Waals surface area contributed by atoms with Gasteiger partial charge < -0.3 is 19.9 Å². The quantitative estimate of drug-likeness (QED) is 0.797. The van der Waals surface area contributed by atoms with Gasteiger partial charge in [0.15, 0.2) is 6.10 Å². The normalized spacial score (nSPS) is 14.0. The number of carbonyl (C=O) groups excluding carboxylic acids is 3. The molecule has 2 amide bonds. The van der Waals surface area contributed by atoms with Crippen molar-refractivity contribution in [2.45, 2.75) is 13.0 Å². The second-order valence-electron chi connectivity index (χ2n) is 5.92. The molecule has 2 N–H and O–H groups in total. The minimum Gasteiger partial charge on any atom is -0.507 e. The Kier molecular flexibility index (Phi) is 4.98. The number of nitrogens with zero attached hydrogens (tertiary/aromatic N) is 1. The Morgan fingerprint density at radius 1 is 1.22 bits per heavy atom. The molecule has 1 aliphatic heterocycles. The van der Waals surface area contributed by atoms with Crippen LogP contribution in [0.2, 0.25) is 0 Å². The van der Waals surface area contributed by atoms with Crippen molar-refractivity contribution in [2.75, 3.05) is 23.9 Å². The Balaban J connectivity index is 1.76. The summed E-state index contributed by atoms with van der Waals surface area (Å²) in [7, 11) is 1.43. The van der Waals surface area contributed by atoms with E-state index >= 15 is 0 Å². The third kappa shape index (κ3) is 3.69. The maximum absolute atomic E-state index is 12.7. The van der Waals surface area contributed by atoms with Crippen molar-refractivity contribution in [2.24, 2.45) is 0 Å². The molecule has 0 aromatic heterocycles. The first-order valence-electron chi connectivity index (χ1n) is 8.19. The van der Waals surface area contributed by atoms with Gasteiger partial charge in [-0.25, -0.2) is 4.79 Å². The fraction of sp³-hybridized carbons (Fsp3) is 0.211. The molecule has 1 heterocycles. The number of amides is 2. The zero-order valence-electron chi connectivity index (χ0n) is 14.8. The highest BCUT2D eigenvalue weighted by Gasteiger charge is 2.31. The van der Waals surface area contributed by atoms with E-state index in [0.717, 1.165) is 0 Å². The number of hydrogen-bond acceptors (Lipinski definition) is 6. The smallest absolute Gasteiger partial charge is 0.342 e. The highest BCUT2D eigenvalue weighted by atomic mass is 16.5. The van der Waals surface area contributed by atoms with Gasteiger partial charge in [-0.05, 0) is 31.2 Å². The van der Waals surface area contributed by atoms with Crippen LogP contribution >= 0.6 is 0 Å². The van der Waals surface area contributed by atoms with E-state index in [-0.39, 0.29) is 23.8 Å². The van der Waals surface area contributed by atoms with Crippen LogP contribution in [-0.4, -0.2) is 42.6 Å². The van der Waals surface area contributed by atoms with Gasteiger partial charge in [-0.2, -0.15) is 0 Å². The van der Waals surface area contributed by atoms with Gasteiger partial charge in [0.1, 0.15) is 23.6 Å². The molecule has 140 valence electrons. The predicted octanol–water partition coefficient (Wildman–Crippen LogP) is 1.93. The molecule has 3 rings (SSSR count). The number of aromatic hydroxyl groups is 1. The zero-order valence-corrected chi connectivity index (χ0v) is 14.8. The Bertz CT molecular complexity index is 911. The van der Waals surface area contributed by atoms with Crippen LogP contribution in [0.4, 0.5) is 11.4 Å². The Morgan fingerprint density at radius 3 is 2.67 bits per heavy atom.